The summed E-state index contributed by atoms with van der Waals surface area (Å²) < 4.78 is 31.3. The van der Waals surface area contributed by atoms with Gasteiger partial charge in [0.15, 0.2) is 14.7 Å². The first-order valence-electron chi connectivity index (χ1n) is 9.87. The number of hydrogen-bond donors (Lipinski definition) is 0. The van der Waals surface area contributed by atoms with Crippen molar-refractivity contribution in [1.29, 1.82) is 0 Å². The van der Waals surface area contributed by atoms with Gasteiger partial charge in [-0.05, 0) is 49.4 Å². The van der Waals surface area contributed by atoms with Crippen molar-refractivity contribution in [1.82, 2.24) is 0 Å². The number of nitro groups is 1. The average Bonchev–Trinajstić information content (AvgIpc) is 2.82. The minimum absolute atomic E-state index is 0.0229. The molecule has 0 heterocycles. The van der Waals surface area contributed by atoms with E-state index in [4.69, 9.17) is 0 Å². The molecule has 0 unspecified atom stereocenters. The molecule has 0 atom stereocenters. The normalized spacial score (nSPS) is 10.9. The van der Waals surface area contributed by atoms with E-state index in [1.54, 1.807) is 0 Å². The van der Waals surface area contributed by atoms with Gasteiger partial charge in [-0.3, -0.25) is 10.1 Å². The van der Waals surface area contributed by atoms with Gasteiger partial charge in [-0.1, -0.05) is 60.2 Å². The lowest BCUT2D eigenvalue weighted by atomic mass is 10.2. The molecule has 168 valence electrons. The molecule has 0 aliphatic heterocycles. The van der Waals surface area contributed by atoms with Gasteiger partial charge < -0.3 is 4.55 Å². The van der Waals surface area contributed by atoms with Crippen LogP contribution in [0.5, 0.6) is 0 Å². The molecular formula is C25H21NO5S2. The van der Waals surface area contributed by atoms with Crippen molar-refractivity contribution >= 4 is 26.7 Å². The van der Waals surface area contributed by atoms with Crippen molar-refractivity contribution in [3.8, 4) is 0 Å². The molecule has 0 bridgehead atoms. The molecular weight excluding hydrogens is 458 g/mol. The second kappa shape index (κ2) is 10.9. The highest BCUT2D eigenvalue weighted by atomic mass is 32.2. The Morgan fingerprint density at radius 2 is 1.18 bits per heavy atom. The summed E-state index contributed by atoms with van der Waals surface area (Å²) >= 11 is 0. The maximum Gasteiger partial charge on any atom is 0.270 e. The second-order valence-electron chi connectivity index (χ2n) is 6.95. The number of nitrogens with zero attached hydrogens (tertiary/aromatic N) is 1. The van der Waals surface area contributed by atoms with Gasteiger partial charge in [0.05, 0.1) is 20.7 Å². The van der Waals surface area contributed by atoms with Crippen LogP contribution in [0, 0.1) is 17.0 Å². The zero-order valence-electron chi connectivity index (χ0n) is 17.7. The van der Waals surface area contributed by atoms with Crippen LogP contribution in [0.1, 0.15) is 5.56 Å². The highest BCUT2D eigenvalue weighted by molar-refractivity contribution is 7.97. The maximum atomic E-state index is 10.4. The molecule has 0 aliphatic rings. The molecule has 4 rings (SSSR count). The Morgan fingerprint density at radius 3 is 1.64 bits per heavy atom. The van der Waals surface area contributed by atoms with Gasteiger partial charge in [-0.25, -0.2) is 8.42 Å². The van der Waals surface area contributed by atoms with Gasteiger partial charge in [0, 0.05) is 12.1 Å². The Morgan fingerprint density at radius 1 is 0.697 bits per heavy atom. The van der Waals surface area contributed by atoms with E-state index in [2.05, 4.69) is 91.9 Å². The molecule has 0 radical (unpaired) electrons. The van der Waals surface area contributed by atoms with E-state index in [1.807, 2.05) is 0 Å². The van der Waals surface area contributed by atoms with E-state index in [0.717, 1.165) is 24.3 Å². The van der Waals surface area contributed by atoms with Crippen molar-refractivity contribution < 1.29 is 17.9 Å². The van der Waals surface area contributed by atoms with Crippen LogP contribution in [0.4, 0.5) is 5.69 Å². The van der Waals surface area contributed by atoms with Gasteiger partial charge in [-0.15, -0.1) is 0 Å². The number of nitro benzene ring substituents is 1. The van der Waals surface area contributed by atoms with Crippen molar-refractivity contribution in [3.05, 3.63) is 125 Å². The van der Waals surface area contributed by atoms with Crippen LogP contribution >= 0.6 is 0 Å². The molecule has 4 aromatic rings. The van der Waals surface area contributed by atoms with E-state index in [9.17, 15) is 23.1 Å². The Kier molecular flexibility index (Phi) is 8.00. The highest BCUT2D eigenvalue weighted by Crippen LogP contribution is 2.30. The first-order chi connectivity index (χ1) is 15.8. The Bertz CT molecular complexity index is 1270. The number of aryl methyl sites for hydroxylation is 1. The van der Waals surface area contributed by atoms with E-state index in [1.165, 1.54) is 20.2 Å². The third kappa shape index (κ3) is 6.76. The van der Waals surface area contributed by atoms with Crippen molar-refractivity contribution in [2.45, 2.75) is 26.5 Å². The topological polar surface area (TPSA) is 100 Å². The van der Waals surface area contributed by atoms with E-state index in [0.29, 0.717) is 0 Å². The molecule has 0 amide bonds. The molecule has 4 aromatic carbocycles. The molecule has 0 fully saturated rings. The quantitative estimate of drug-likeness (QED) is 0.161. The van der Waals surface area contributed by atoms with Crippen molar-refractivity contribution in [2.24, 2.45) is 0 Å². The lowest BCUT2D eigenvalue weighted by Crippen LogP contribution is -2.04. The zero-order valence-corrected chi connectivity index (χ0v) is 19.3. The first kappa shape index (κ1) is 24.2. The molecule has 0 aromatic heterocycles. The summed E-state index contributed by atoms with van der Waals surface area (Å²) in [6.45, 7) is 2.13. The number of hydrogen-bond acceptors (Lipinski definition) is 5. The predicted molar refractivity (Wildman–Crippen MR) is 127 cm³/mol. The van der Waals surface area contributed by atoms with Crippen LogP contribution in [0.3, 0.4) is 0 Å². The summed E-state index contributed by atoms with van der Waals surface area (Å²) in [7, 11) is -4.64. The van der Waals surface area contributed by atoms with Gasteiger partial charge in [0.2, 0.25) is 0 Å². The molecule has 0 saturated heterocycles. The molecule has 0 N–H and O–H groups in total. The summed E-state index contributed by atoms with van der Waals surface area (Å²) in [6, 6.07) is 34.4. The van der Waals surface area contributed by atoms with Crippen molar-refractivity contribution in [2.75, 3.05) is 0 Å². The number of non-ortho nitro benzene ring substituents is 1. The second-order valence-corrected chi connectivity index (χ2v) is 10.4. The molecule has 8 heteroatoms. The maximum absolute atomic E-state index is 10.4. The molecule has 0 spiro atoms. The van der Waals surface area contributed by atoms with Gasteiger partial charge in [-0.2, -0.15) is 0 Å². The minimum Gasteiger partial charge on any atom is -0.744 e. The van der Waals surface area contributed by atoms with Gasteiger partial charge in [0.25, 0.3) is 5.69 Å². The van der Waals surface area contributed by atoms with Gasteiger partial charge >= 0.3 is 0 Å². The fraction of sp³-hybridized carbons (Fsp3) is 0.0400. The Labute approximate surface area is 195 Å². The molecule has 0 aliphatic carbocycles. The monoisotopic (exact) mass is 479 g/mol. The minimum atomic E-state index is -4.61. The van der Waals surface area contributed by atoms with Gasteiger partial charge in [0.1, 0.15) is 10.1 Å². The SMILES string of the molecule is Cc1ccc([S+](c2ccccc2)c2ccccc2)cc1.O=[N+]([O-])c1cccc(S(=O)(=O)[O-])c1. The van der Waals surface area contributed by atoms with Crippen LogP contribution < -0.4 is 0 Å². The summed E-state index contributed by atoms with van der Waals surface area (Å²) in [5.74, 6) is 0. The number of benzene rings is 4. The van der Waals surface area contributed by atoms with Crippen LogP contribution in [0.2, 0.25) is 0 Å². The van der Waals surface area contributed by atoms with Crippen LogP contribution in [-0.4, -0.2) is 17.9 Å². The molecule has 6 nitrogen and oxygen atoms in total. The highest BCUT2D eigenvalue weighted by Gasteiger charge is 2.27. The van der Waals surface area contributed by atoms with Crippen molar-refractivity contribution in [3.63, 3.8) is 0 Å². The third-order valence-electron chi connectivity index (χ3n) is 4.53. The fourth-order valence-electron chi connectivity index (χ4n) is 2.95. The van der Waals surface area contributed by atoms with Crippen LogP contribution in [0.15, 0.2) is 129 Å². The third-order valence-corrected chi connectivity index (χ3v) is 7.59. The first-order valence-corrected chi connectivity index (χ1v) is 12.5. The van der Waals surface area contributed by atoms with E-state index < -0.39 is 25.6 Å². The van der Waals surface area contributed by atoms with E-state index in [-0.39, 0.29) is 10.9 Å². The zero-order chi connectivity index (χ0) is 23.8. The summed E-state index contributed by atoms with van der Waals surface area (Å²) in [5.41, 5.74) is 0.885. The summed E-state index contributed by atoms with van der Waals surface area (Å²) in [6.07, 6.45) is 0. The Hall–Kier alpha value is -3.46. The molecule has 0 saturated carbocycles. The Balaban J connectivity index is 0.000000205. The lowest BCUT2D eigenvalue weighted by molar-refractivity contribution is -0.385. The number of rotatable bonds is 5. The average molecular weight is 480 g/mol. The molecule has 33 heavy (non-hydrogen) atoms. The van der Waals surface area contributed by atoms with E-state index >= 15 is 0 Å². The fourth-order valence-corrected chi connectivity index (χ4v) is 5.54. The standard InChI is InChI=1S/C19H17S.C6H5NO5S/c1-16-12-14-19(15-13-16)20(17-8-4-2-5-9-17)18-10-6-3-7-11-18;8-7(9)5-2-1-3-6(4-5)13(10,11)12/h2-15H,1H3;1-4H,(H,10,11,12)/q+1;/p-1. The van der Waals surface area contributed by atoms with Crippen LogP contribution in [0.25, 0.3) is 0 Å². The largest absolute Gasteiger partial charge is 0.744 e. The smallest absolute Gasteiger partial charge is 0.270 e. The van der Waals surface area contributed by atoms with Crippen LogP contribution in [-0.2, 0) is 21.0 Å². The predicted octanol–water partition coefficient (Wildman–Crippen LogP) is 5.59. The summed E-state index contributed by atoms with van der Waals surface area (Å²) in [5, 5.41) is 10.2. The summed E-state index contributed by atoms with van der Waals surface area (Å²) in [4.78, 5) is 12.9. The lowest BCUT2D eigenvalue weighted by Gasteiger charge is -2.07.